The molecule has 1 amide bonds. The molecule has 2 aliphatic rings. The molecule has 9 nitrogen and oxygen atoms in total. The van der Waals surface area contributed by atoms with E-state index < -0.39 is 5.54 Å². The van der Waals surface area contributed by atoms with E-state index in [0.717, 1.165) is 17.4 Å². The van der Waals surface area contributed by atoms with Crippen LogP contribution in [0.1, 0.15) is 25.8 Å². The van der Waals surface area contributed by atoms with Crippen LogP contribution in [0, 0.1) is 5.92 Å². The first kappa shape index (κ1) is 19.7. The smallest absolute Gasteiger partial charge is 0.228 e. The van der Waals surface area contributed by atoms with Crippen LogP contribution in [0.15, 0.2) is 23.6 Å². The van der Waals surface area contributed by atoms with Gasteiger partial charge in [-0.2, -0.15) is 0 Å². The molecule has 2 aromatic heterocycles. The molecule has 152 valence electrons. The average Bonchev–Trinajstić information content (AvgIpc) is 3.18. The lowest BCUT2D eigenvalue weighted by Gasteiger charge is -2.40. The Morgan fingerprint density at radius 1 is 1.38 bits per heavy atom. The van der Waals surface area contributed by atoms with Gasteiger partial charge in [-0.25, -0.2) is 9.97 Å². The molecular weight excluding hydrogens is 396 g/mol. The van der Waals surface area contributed by atoms with Gasteiger partial charge in [-0.3, -0.25) is 4.79 Å². The van der Waals surface area contributed by atoms with Crippen LogP contribution in [0.4, 0.5) is 0 Å². The van der Waals surface area contributed by atoms with E-state index in [2.05, 4.69) is 20.0 Å². The van der Waals surface area contributed by atoms with Crippen LogP contribution < -0.4 is 4.74 Å². The molecule has 2 saturated heterocycles. The van der Waals surface area contributed by atoms with E-state index in [4.69, 9.17) is 26.6 Å². The summed E-state index contributed by atoms with van der Waals surface area (Å²) in [5.74, 6) is 0.509. The summed E-state index contributed by atoms with van der Waals surface area (Å²) in [6.45, 7) is 5.80. The number of amides is 1. The van der Waals surface area contributed by atoms with Gasteiger partial charge in [0.15, 0.2) is 0 Å². The van der Waals surface area contributed by atoms with Crippen LogP contribution in [0.3, 0.4) is 0 Å². The molecule has 0 saturated carbocycles. The standard InChI is InChI=1S/C19H21ClN6O3/c1-19(2,24-25-21)15-7-23-17(14-6-22-16(20)5-13(14)15)29-12-8-26(9-12)18(27)11-3-4-28-10-11/h5-7,11-12H,3-4,8-10H2,1-2H3/t11-/m0/s1. The summed E-state index contributed by atoms with van der Waals surface area (Å²) in [5, 5.41) is 5.65. The fourth-order valence-corrected chi connectivity index (χ4v) is 3.83. The number of aromatic nitrogens is 2. The number of nitrogens with zero attached hydrogens (tertiary/aromatic N) is 6. The molecule has 0 N–H and O–H groups in total. The van der Waals surface area contributed by atoms with Crippen LogP contribution in [0.5, 0.6) is 5.88 Å². The molecule has 0 unspecified atom stereocenters. The zero-order valence-corrected chi connectivity index (χ0v) is 17.0. The molecule has 0 radical (unpaired) electrons. The first-order valence-electron chi connectivity index (χ1n) is 9.43. The van der Waals surface area contributed by atoms with Gasteiger partial charge >= 0.3 is 0 Å². The molecule has 1 atom stereocenters. The van der Waals surface area contributed by atoms with E-state index in [1.54, 1.807) is 37.2 Å². The van der Waals surface area contributed by atoms with Gasteiger partial charge in [-0.15, -0.1) is 0 Å². The minimum atomic E-state index is -0.813. The quantitative estimate of drug-likeness (QED) is 0.320. The van der Waals surface area contributed by atoms with Crippen LogP contribution in [0.25, 0.3) is 21.2 Å². The van der Waals surface area contributed by atoms with Crippen molar-refractivity contribution >= 4 is 28.3 Å². The second-order valence-electron chi connectivity index (χ2n) is 7.82. The van der Waals surface area contributed by atoms with Gasteiger partial charge in [0.25, 0.3) is 0 Å². The number of hydrogen-bond acceptors (Lipinski definition) is 6. The molecular formula is C19H21ClN6O3. The van der Waals surface area contributed by atoms with E-state index in [9.17, 15) is 4.79 Å². The van der Waals surface area contributed by atoms with Crippen LogP contribution in [-0.4, -0.2) is 53.2 Å². The summed E-state index contributed by atoms with van der Waals surface area (Å²) in [7, 11) is 0. The Morgan fingerprint density at radius 3 is 2.86 bits per heavy atom. The summed E-state index contributed by atoms with van der Waals surface area (Å²) in [6, 6.07) is 1.71. The van der Waals surface area contributed by atoms with Crippen LogP contribution in [-0.2, 0) is 15.1 Å². The topological polar surface area (TPSA) is 113 Å². The summed E-state index contributed by atoms with van der Waals surface area (Å²) in [4.78, 5) is 25.7. The van der Waals surface area contributed by atoms with Gasteiger partial charge in [0.1, 0.15) is 11.3 Å². The lowest BCUT2D eigenvalue weighted by molar-refractivity contribution is -0.144. The fourth-order valence-electron chi connectivity index (χ4n) is 3.67. The predicted octanol–water partition coefficient (Wildman–Crippen LogP) is 3.45. The first-order valence-corrected chi connectivity index (χ1v) is 9.81. The number of carbonyl (C=O) groups excluding carboxylic acids is 1. The molecule has 2 aromatic rings. The van der Waals surface area contributed by atoms with Gasteiger partial charge in [0.2, 0.25) is 11.8 Å². The van der Waals surface area contributed by atoms with Crippen molar-refractivity contribution in [2.75, 3.05) is 26.3 Å². The van der Waals surface area contributed by atoms with Crippen molar-refractivity contribution in [2.24, 2.45) is 11.0 Å². The molecule has 0 aliphatic carbocycles. The summed E-state index contributed by atoms with van der Waals surface area (Å²) >= 11 is 6.10. The minimum Gasteiger partial charge on any atom is -0.470 e. The third kappa shape index (κ3) is 3.81. The van der Waals surface area contributed by atoms with Crippen LogP contribution >= 0.6 is 11.6 Å². The molecule has 0 aromatic carbocycles. The van der Waals surface area contributed by atoms with Crippen LogP contribution in [0.2, 0.25) is 5.15 Å². The number of azide groups is 1. The number of pyridine rings is 2. The Balaban J connectivity index is 1.55. The highest BCUT2D eigenvalue weighted by atomic mass is 35.5. The average molecular weight is 417 g/mol. The molecule has 0 spiro atoms. The van der Waals surface area contributed by atoms with Gasteiger partial charge in [0, 0.05) is 23.9 Å². The molecule has 4 heterocycles. The number of hydrogen-bond donors (Lipinski definition) is 0. The van der Waals surface area contributed by atoms with E-state index in [1.807, 2.05) is 0 Å². The number of likely N-dealkylation sites (tertiary alicyclic amines) is 1. The maximum atomic E-state index is 12.4. The van der Waals surface area contributed by atoms with E-state index in [-0.39, 0.29) is 17.9 Å². The number of ether oxygens (including phenoxy) is 2. The summed E-state index contributed by atoms with van der Waals surface area (Å²) in [5.41, 5.74) is 8.80. The molecule has 2 fully saturated rings. The van der Waals surface area contributed by atoms with E-state index in [1.165, 1.54) is 0 Å². The molecule has 29 heavy (non-hydrogen) atoms. The van der Waals surface area contributed by atoms with Crippen molar-refractivity contribution in [1.82, 2.24) is 14.9 Å². The maximum Gasteiger partial charge on any atom is 0.228 e. The van der Waals surface area contributed by atoms with Gasteiger partial charge < -0.3 is 14.4 Å². The Bertz CT molecular complexity index is 995. The minimum absolute atomic E-state index is 0.0385. The van der Waals surface area contributed by atoms with Crippen molar-refractivity contribution in [1.29, 1.82) is 0 Å². The lowest BCUT2D eigenvalue weighted by Crippen LogP contribution is -2.57. The van der Waals surface area contributed by atoms with Crippen molar-refractivity contribution in [3.05, 3.63) is 39.6 Å². The highest BCUT2D eigenvalue weighted by Crippen LogP contribution is 2.36. The monoisotopic (exact) mass is 416 g/mol. The number of carbonyl (C=O) groups is 1. The predicted molar refractivity (Wildman–Crippen MR) is 107 cm³/mol. The highest BCUT2D eigenvalue weighted by Gasteiger charge is 2.37. The first-order chi connectivity index (χ1) is 13.9. The summed E-state index contributed by atoms with van der Waals surface area (Å²) in [6.07, 6.45) is 3.89. The summed E-state index contributed by atoms with van der Waals surface area (Å²) < 4.78 is 11.3. The third-order valence-electron chi connectivity index (χ3n) is 5.37. The molecule has 2 aliphatic heterocycles. The zero-order chi connectivity index (χ0) is 20.6. The Kier molecular flexibility index (Phi) is 5.21. The van der Waals surface area contributed by atoms with E-state index >= 15 is 0 Å². The fraction of sp³-hybridized carbons (Fsp3) is 0.526. The largest absolute Gasteiger partial charge is 0.470 e. The second-order valence-corrected chi connectivity index (χ2v) is 8.21. The van der Waals surface area contributed by atoms with Crippen molar-refractivity contribution in [2.45, 2.75) is 31.9 Å². The van der Waals surface area contributed by atoms with Crippen molar-refractivity contribution in [3.63, 3.8) is 0 Å². The molecule has 10 heteroatoms. The Labute approximate surface area is 172 Å². The number of rotatable bonds is 5. The third-order valence-corrected chi connectivity index (χ3v) is 5.58. The normalized spacial score (nSPS) is 19.7. The second kappa shape index (κ2) is 7.67. The van der Waals surface area contributed by atoms with E-state index in [0.29, 0.717) is 42.7 Å². The Hall–Kier alpha value is -2.61. The maximum absolute atomic E-state index is 12.4. The Morgan fingerprint density at radius 2 is 2.17 bits per heavy atom. The number of fused-ring (bicyclic) bond motifs is 1. The zero-order valence-electron chi connectivity index (χ0n) is 16.2. The lowest BCUT2D eigenvalue weighted by atomic mass is 9.93. The van der Waals surface area contributed by atoms with Gasteiger partial charge in [0.05, 0.1) is 36.5 Å². The highest BCUT2D eigenvalue weighted by molar-refractivity contribution is 6.30. The number of halogens is 1. The molecule has 4 rings (SSSR count). The van der Waals surface area contributed by atoms with Gasteiger partial charge in [-0.1, -0.05) is 30.6 Å². The van der Waals surface area contributed by atoms with Gasteiger partial charge in [-0.05, 0) is 29.0 Å². The SMILES string of the molecule is CC(C)(N=[N+]=[N-])c1cnc(OC2CN(C(=O)[C@H]3CCOC3)C2)c2cnc(Cl)cc12. The van der Waals surface area contributed by atoms with Crippen molar-refractivity contribution < 1.29 is 14.3 Å². The molecule has 0 bridgehead atoms. The van der Waals surface area contributed by atoms with Crippen molar-refractivity contribution in [3.8, 4) is 5.88 Å².